The van der Waals surface area contributed by atoms with Crippen LogP contribution in [0, 0.1) is 0 Å². The van der Waals surface area contributed by atoms with Gasteiger partial charge in [-0.2, -0.15) is 10.2 Å². The minimum absolute atomic E-state index is 0.0423. The van der Waals surface area contributed by atoms with E-state index in [9.17, 15) is 9.59 Å². The Morgan fingerprint density at radius 2 is 2.00 bits per heavy atom. The van der Waals surface area contributed by atoms with Gasteiger partial charge in [0.2, 0.25) is 0 Å². The summed E-state index contributed by atoms with van der Waals surface area (Å²) >= 11 is 0. The van der Waals surface area contributed by atoms with Gasteiger partial charge in [-0.3, -0.25) is 24.4 Å². The first kappa shape index (κ1) is 17.8. The molecule has 0 atom stereocenters. The zero-order valence-electron chi connectivity index (χ0n) is 16.5. The third-order valence-electron chi connectivity index (χ3n) is 6.03. The molecule has 0 aromatic carbocycles. The average Bonchev–Trinajstić information content (AvgIpc) is 3.34. The van der Waals surface area contributed by atoms with E-state index < -0.39 is 0 Å². The molecular weight excluding hydrogens is 370 g/mol. The lowest BCUT2D eigenvalue weighted by Crippen LogP contribution is -2.59. The minimum Gasteiger partial charge on any atom is -0.345 e. The van der Waals surface area contributed by atoms with E-state index in [0.29, 0.717) is 24.3 Å². The molecule has 2 aliphatic heterocycles. The van der Waals surface area contributed by atoms with Crippen molar-refractivity contribution in [2.75, 3.05) is 13.1 Å². The molecule has 1 spiro atoms. The number of aromatic nitrogens is 5. The van der Waals surface area contributed by atoms with E-state index in [1.165, 1.54) is 0 Å². The van der Waals surface area contributed by atoms with Gasteiger partial charge < -0.3 is 10.2 Å². The molecule has 0 aliphatic carbocycles. The average molecular weight is 393 g/mol. The van der Waals surface area contributed by atoms with E-state index in [1.54, 1.807) is 23.1 Å². The molecule has 9 heteroatoms. The van der Waals surface area contributed by atoms with Crippen molar-refractivity contribution in [3.8, 4) is 0 Å². The number of hydrogen-bond donors (Lipinski definition) is 2. The van der Waals surface area contributed by atoms with Crippen molar-refractivity contribution in [2.24, 2.45) is 0 Å². The van der Waals surface area contributed by atoms with Crippen LogP contribution in [0.1, 0.15) is 59.1 Å². The Morgan fingerprint density at radius 3 is 2.76 bits per heavy atom. The Labute approximate surface area is 167 Å². The lowest BCUT2D eigenvalue weighted by molar-refractivity contribution is 0.0603. The van der Waals surface area contributed by atoms with Gasteiger partial charge in [-0.25, -0.2) is 0 Å². The topological polar surface area (TPSA) is 109 Å². The van der Waals surface area contributed by atoms with Crippen molar-refractivity contribution in [1.29, 1.82) is 0 Å². The summed E-state index contributed by atoms with van der Waals surface area (Å²) in [6, 6.07) is 1.93. The normalized spacial score (nSPS) is 18.3. The van der Waals surface area contributed by atoms with E-state index in [0.717, 1.165) is 35.9 Å². The van der Waals surface area contributed by atoms with Crippen LogP contribution in [-0.4, -0.2) is 60.3 Å². The third kappa shape index (κ3) is 2.88. The number of fused-ring (bicyclic) bond motifs is 2. The molecule has 2 aliphatic rings. The minimum atomic E-state index is -0.308. The number of amides is 2. The maximum absolute atomic E-state index is 12.9. The van der Waals surface area contributed by atoms with Gasteiger partial charge in [0.25, 0.3) is 11.8 Å². The van der Waals surface area contributed by atoms with E-state index in [2.05, 4.69) is 25.6 Å². The summed E-state index contributed by atoms with van der Waals surface area (Å²) in [7, 11) is 0. The number of H-pyrrole nitrogens is 1. The van der Waals surface area contributed by atoms with Crippen LogP contribution in [0.2, 0.25) is 0 Å². The van der Waals surface area contributed by atoms with Gasteiger partial charge >= 0.3 is 0 Å². The molecule has 5 heterocycles. The number of nitrogens with one attached hydrogen (secondary N) is 2. The van der Waals surface area contributed by atoms with Crippen molar-refractivity contribution in [2.45, 2.75) is 44.7 Å². The molecule has 5 rings (SSSR count). The van der Waals surface area contributed by atoms with Crippen molar-refractivity contribution in [3.63, 3.8) is 0 Å². The predicted octanol–water partition coefficient (Wildman–Crippen LogP) is 1.70. The largest absolute Gasteiger partial charge is 0.345 e. The van der Waals surface area contributed by atoms with Crippen LogP contribution in [0.3, 0.4) is 0 Å². The lowest BCUT2D eigenvalue weighted by Gasteiger charge is -2.44. The van der Waals surface area contributed by atoms with Gasteiger partial charge in [-0.1, -0.05) is 0 Å². The molecule has 3 aromatic heterocycles. The van der Waals surface area contributed by atoms with Crippen LogP contribution in [0.15, 0.2) is 24.7 Å². The van der Waals surface area contributed by atoms with Crippen LogP contribution < -0.4 is 5.32 Å². The number of carbonyl (C=O) groups excluding carboxylic acids is 2. The number of likely N-dealkylation sites (tertiary alicyclic amines) is 1. The van der Waals surface area contributed by atoms with E-state index in [4.69, 9.17) is 0 Å². The summed E-state index contributed by atoms with van der Waals surface area (Å²) in [4.78, 5) is 31.9. The molecule has 1 fully saturated rings. The Kier molecular flexibility index (Phi) is 3.94. The lowest BCUT2D eigenvalue weighted by atomic mass is 9.79. The molecule has 0 unspecified atom stereocenters. The highest BCUT2D eigenvalue weighted by molar-refractivity contribution is 5.97. The highest BCUT2D eigenvalue weighted by atomic mass is 16.2. The Balaban J connectivity index is 1.32. The number of nitrogens with zero attached hydrogens (tertiary/aromatic N) is 5. The molecule has 0 saturated carbocycles. The highest BCUT2D eigenvalue weighted by Gasteiger charge is 2.43. The molecule has 9 nitrogen and oxygen atoms in total. The van der Waals surface area contributed by atoms with E-state index in [-0.39, 0.29) is 23.4 Å². The van der Waals surface area contributed by atoms with Gasteiger partial charge in [0, 0.05) is 36.4 Å². The summed E-state index contributed by atoms with van der Waals surface area (Å²) < 4.78 is 1.79. The fourth-order valence-corrected chi connectivity index (χ4v) is 4.45. The smallest absolute Gasteiger partial charge is 0.270 e. The summed E-state index contributed by atoms with van der Waals surface area (Å²) in [5, 5.41) is 14.4. The Bertz CT molecular complexity index is 1110. The monoisotopic (exact) mass is 393 g/mol. The fraction of sp³-hybridized carbons (Fsp3) is 0.450. The second-order valence-electron chi connectivity index (χ2n) is 8.29. The standard InChI is InChI=1S/C20H23N7O2/c1-12(2)27-17-14(10-23-27)8-20(24-18(17)28)3-5-26(6-4-20)19(29)13-7-15-16(21-9-13)11-22-25-15/h7,9-12H,3-6,8H2,1-2H3,(H,22,25)(H,24,28). The zero-order chi connectivity index (χ0) is 20.2. The number of rotatable bonds is 2. The van der Waals surface area contributed by atoms with Crippen LogP contribution >= 0.6 is 0 Å². The number of aromatic amines is 1. The second-order valence-corrected chi connectivity index (χ2v) is 8.29. The third-order valence-corrected chi connectivity index (χ3v) is 6.03. The summed E-state index contributed by atoms with van der Waals surface area (Å²) in [5.41, 5.74) is 3.39. The van der Waals surface area contributed by atoms with Crippen molar-refractivity contribution in [3.05, 3.63) is 41.5 Å². The second kappa shape index (κ2) is 6.40. The maximum Gasteiger partial charge on any atom is 0.270 e. The number of carbonyl (C=O) groups is 2. The molecule has 2 amide bonds. The quantitative estimate of drug-likeness (QED) is 0.689. The number of pyridine rings is 1. The molecule has 1 saturated heterocycles. The SMILES string of the molecule is CC(C)n1ncc2c1C(=O)NC1(CCN(C(=O)c3cnc4cn[nH]c4c3)CC1)C2. The van der Waals surface area contributed by atoms with Crippen molar-refractivity contribution in [1.82, 2.24) is 35.2 Å². The first-order valence-electron chi connectivity index (χ1n) is 9.93. The Morgan fingerprint density at radius 1 is 1.21 bits per heavy atom. The predicted molar refractivity (Wildman–Crippen MR) is 106 cm³/mol. The molecule has 150 valence electrons. The molecule has 3 aromatic rings. The summed E-state index contributed by atoms with van der Waals surface area (Å²) in [6.07, 6.45) is 7.24. The fourth-order valence-electron chi connectivity index (χ4n) is 4.45. The number of piperidine rings is 1. The highest BCUT2D eigenvalue weighted by Crippen LogP contribution is 2.33. The van der Waals surface area contributed by atoms with Gasteiger partial charge in [0.15, 0.2) is 0 Å². The summed E-state index contributed by atoms with van der Waals surface area (Å²) in [5.74, 6) is -0.106. The van der Waals surface area contributed by atoms with E-state index in [1.807, 2.05) is 24.9 Å². The van der Waals surface area contributed by atoms with Gasteiger partial charge in [0.05, 0.1) is 23.5 Å². The number of hydrogen-bond acceptors (Lipinski definition) is 5. The first-order chi connectivity index (χ1) is 14.0. The van der Waals surface area contributed by atoms with E-state index >= 15 is 0 Å². The van der Waals surface area contributed by atoms with Crippen LogP contribution in [0.4, 0.5) is 0 Å². The molecule has 0 bridgehead atoms. The van der Waals surface area contributed by atoms with Crippen LogP contribution in [0.5, 0.6) is 0 Å². The molecular formula is C20H23N7O2. The van der Waals surface area contributed by atoms with Crippen molar-refractivity contribution < 1.29 is 9.59 Å². The van der Waals surface area contributed by atoms with Gasteiger partial charge in [-0.05, 0) is 39.2 Å². The van der Waals surface area contributed by atoms with Gasteiger partial charge in [0.1, 0.15) is 11.2 Å². The van der Waals surface area contributed by atoms with Crippen LogP contribution in [0.25, 0.3) is 11.0 Å². The molecule has 0 radical (unpaired) electrons. The Hall–Kier alpha value is -3.23. The molecule has 29 heavy (non-hydrogen) atoms. The van der Waals surface area contributed by atoms with Gasteiger partial charge in [-0.15, -0.1) is 0 Å². The summed E-state index contributed by atoms with van der Waals surface area (Å²) in [6.45, 7) is 5.22. The first-order valence-corrected chi connectivity index (χ1v) is 9.93. The molecule has 2 N–H and O–H groups in total. The zero-order valence-corrected chi connectivity index (χ0v) is 16.5. The van der Waals surface area contributed by atoms with Crippen LogP contribution in [-0.2, 0) is 6.42 Å². The maximum atomic E-state index is 12.9. The van der Waals surface area contributed by atoms with Crippen molar-refractivity contribution >= 4 is 22.8 Å².